The van der Waals surface area contributed by atoms with Crippen LogP contribution in [-0.4, -0.2) is 158 Å². The van der Waals surface area contributed by atoms with Crippen molar-refractivity contribution in [2.24, 2.45) is 5.92 Å². The third-order valence-corrected chi connectivity index (χ3v) is 10.9. The Kier molecular flexibility index (Phi) is 40.7. The van der Waals surface area contributed by atoms with E-state index in [1.807, 2.05) is 0 Å². The van der Waals surface area contributed by atoms with Crippen LogP contribution in [0.4, 0.5) is 0 Å². The van der Waals surface area contributed by atoms with Crippen molar-refractivity contribution in [3.8, 4) is 0 Å². The summed E-state index contributed by atoms with van der Waals surface area (Å²) in [6, 6.07) is -2.77. The lowest BCUT2D eigenvalue weighted by Crippen LogP contribution is -2.41. The first-order valence-corrected chi connectivity index (χ1v) is 24.9. The van der Waals surface area contributed by atoms with Crippen LogP contribution in [0.1, 0.15) is 161 Å². The summed E-state index contributed by atoms with van der Waals surface area (Å²) in [5, 5.41) is 47.7. The van der Waals surface area contributed by atoms with Crippen molar-refractivity contribution in [3.05, 3.63) is 0 Å². The molecular weight excluding hydrogens is 921 g/mol. The molecule has 0 aromatic rings. The Morgan fingerprint density at radius 2 is 0.871 bits per heavy atom. The molecule has 22 heteroatoms. The minimum absolute atomic E-state index is 0.0368. The highest BCUT2D eigenvalue weighted by atomic mass is 16.5. The first-order chi connectivity index (χ1) is 33.5. The van der Waals surface area contributed by atoms with Gasteiger partial charge in [-0.1, -0.05) is 71.1 Å². The molecule has 0 aliphatic rings. The first kappa shape index (κ1) is 64.9. The van der Waals surface area contributed by atoms with Crippen LogP contribution in [0.2, 0.25) is 0 Å². The van der Waals surface area contributed by atoms with Crippen molar-refractivity contribution in [2.75, 3.05) is 65.9 Å². The van der Waals surface area contributed by atoms with Crippen LogP contribution in [0.5, 0.6) is 0 Å². The van der Waals surface area contributed by atoms with E-state index in [-0.39, 0.29) is 128 Å². The SMILES string of the molecule is CCCCCNC(=O)COCCOCCNC(=O)COCCOCCCC(=O)CC[C@H](NC(=O)CC[C@H](CC(=O)CC[C@H](NC(=O)CCCCCCCCCCCCC(=O)O)C(=O)O)C(=O)O)C(=O)O. The Hall–Kier alpha value is -5.06. The fourth-order valence-corrected chi connectivity index (χ4v) is 6.86. The lowest BCUT2D eigenvalue weighted by Gasteiger charge is -2.17. The Balaban J connectivity index is 4.22. The van der Waals surface area contributed by atoms with E-state index in [1.165, 1.54) is 0 Å². The summed E-state index contributed by atoms with van der Waals surface area (Å²) in [5.41, 5.74) is 0. The number of nitrogens with one attached hydrogen (secondary N) is 4. The Morgan fingerprint density at radius 3 is 1.39 bits per heavy atom. The fraction of sp³-hybridized carbons (Fsp3) is 0.792. The minimum Gasteiger partial charge on any atom is -0.481 e. The van der Waals surface area contributed by atoms with Gasteiger partial charge in [-0.15, -0.1) is 0 Å². The summed E-state index contributed by atoms with van der Waals surface area (Å²) in [4.78, 5) is 120. The van der Waals surface area contributed by atoms with Crippen molar-refractivity contribution in [3.63, 3.8) is 0 Å². The standard InChI is InChI=1S/C48H82N4O18/c1-2-3-14-25-49-43(57)34-70-32-30-68-28-26-50-44(58)35-69-31-29-67-27-15-16-37(53)20-22-39(47(63)64)52-42(56)24-19-36(46(61)62)33-38(54)21-23-40(48(65)66)51-41(55)17-12-10-8-6-4-5-7-9-11-13-18-45(59)60/h36,39-40H,2-35H2,1H3,(H,49,57)(H,50,58)(H,51,55)(H,52,56)(H,59,60)(H,61,62)(H,63,64)(H,65,66)/t36-,39+,40+/m1/s1. The number of ether oxygens (including phenoxy) is 4. The third-order valence-electron chi connectivity index (χ3n) is 10.9. The van der Waals surface area contributed by atoms with E-state index in [0.29, 0.717) is 25.8 Å². The molecule has 0 aliphatic heterocycles. The van der Waals surface area contributed by atoms with Gasteiger partial charge < -0.3 is 60.6 Å². The summed E-state index contributed by atoms with van der Waals surface area (Å²) in [5.74, 6) is -8.80. The van der Waals surface area contributed by atoms with Crippen molar-refractivity contribution in [1.82, 2.24) is 21.3 Å². The quantitative estimate of drug-likeness (QED) is 0.0403. The summed E-state index contributed by atoms with van der Waals surface area (Å²) in [6.45, 7) is 4.03. The number of carbonyl (C=O) groups excluding carboxylic acids is 6. The van der Waals surface area contributed by atoms with Crippen molar-refractivity contribution >= 4 is 59.1 Å². The molecule has 0 aromatic carbocycles. The van der Waals surface area contributed by atoms with E-state index in [4.69, 9.17) is 24.1 Å². The van der Waals surface area contributed by atoms with Crippen LogP contribution in [0.3, 0.4) is 0 Å². The molecule has 0 fully saturated rings. The Morgan fingerprint density at radius 1 is 0.400 bits per heavy atom. The minimum atomic E-state index is -1.42. The van der Waals surface area contributed by atoms with Gasteiger partial charge in [0.1, 0.15) is 36.9 Å². The van der Waals surface area contributed by atoms with Crippen LogP contribution >= 0.6 is 0 Å². The highest BCUT2D eigenvalue weighted by molar-refractivity contribution is 5.87. The maximum absolute atomic E-state index is 12.7. The van der Waals surface area contributed by atoms with Gasteiger partial charge in [-0.3, -0.25) is 38.4 Å². The topological polar surface area (TPSA) is 337 Å². The second-order valence-electron chi connectivity index (χ2n) is 17.1. The van der Waals surface area contributed by atoms with Crippen LogP contribution < -0.4 is 21.3 Å². The zero-order valence-corrected chi connectivity index (χ0v) is 41.3. The molecule has 402 valence electrons. The second-order valence-corrected chi connectivity index (χ2v) is 17.1. The van der Waals surface area contributed by atoms with Gasteiger partial charge in [-0.25, -0.2) is 9.59 Å². The molecule has 0 heterocycles. The van der Waals surface area contributed by atoms with Crippen molar-refractivity contribution in [1.29, 1.82) is 0 Å². The number of hydrogen-bond acceptors (Lipinski definition) is 14. The number of carboxylic acids is 4. The Labute approximate surface area is 411 Å². The molecule has 0 aromatic heterocycles. The normalized spacial score (nSPS) is 12.3. The van der Waals surface area contributed by atoms with Gasteiger partial charge in [0.05, 0.1) is 39.0 Å². The van der Waals surface area contributed by atoms with Crippen LogP contribution in [0, 0.1) is 5.92 Å². The summed E-state index contributed by atoms with van der Waals surface area (Å²) >= 11 is 0. The zero-order chi connectivity index (χ0) is 52.2. The predicted molar refractivity (Wildman–Crippen MR) is 254 cm³/mol. The molecule has 4 amide bonds. The molecule has 0 bridgehead atoms. The molecule has 0 saturated heterocycles. The van der Waals surface area contributed by atoms with E-state index in [2.05, 4.69) is 28.2 Å². The maximum Gasteiger partial charge on any atom is 0.326 e. The number of rotatable bonds is 50. The van der Waals surface area contributed by atoms with Crippen LogP contribution in [0.15, 0.2) is 0 Å². The maximum atomic E-state index is 12.7. The molecule has 3 atom stereocenters. The zero-order valence-electron chi connectivity index (χ0n) is 41.3. The molecule has 70 heavy (non-hydrogen) atoms. The number of unbranched alkanes of at least 4 members (excludes halogenated alkanes) is 11. The average Bonchev–Trinajstić information content (AvgIpc) is 3.30. The number of carboxylic acid groups (broad SMARTS) is 4. The summed E-state index contributed by atoms with van der Waals surface area (Å²) in [7, 11) is 0. The highest BCUT2D eigenvalue weighted by Crippen LogP contribution is 2.16. The molecule has 0 radical (unpaired) electrons. The van der Waals surface area contributed by atoms with E-state index in [0.717, 1.165) is 70.6 Å². The molecule has 8 N–H and O–H groups in total. The molecule has 0 saturated carbocycles. The van der Waals surface area contributed by atoms with Crippen molar-refractivity contribution in [2.45, 2.75) is 173 Å². The molecule has 0 unspecified atom stereocenters. The summed E-state index contributed by atoms with van der Waals surface area (Å²) in [6.07, 6.45) is 10.6. The highest BCUT2D eigenvalue weighted by Gasteiger charge is 2.27. The lowest BCUT2D eigenvalue weighted by molar-refractivity contribution is -0.145. The van der Waals surface area contributed by atoms with Gasteiger partial charge in [0.25, 0.3) is 0 Å². The van der Waals surface area contributed by atoms with E-state index >= 15 is 0 Å². The van der Waals surface area contributed by atoms with E-state index < -0.39 is 72.3 Å². The first-order valence-electron chi connectivity index (χ1n) is 24.9. The monoisotopic (exact) mass is 1000 g/mol. The van der Waals surface area contributed by atoms with Gasteiger partial charge in [-0.2, -0.15) is 0 Å². The number of aliphatic carboxylic acids is 4. The third kappa shape index (κ3) is 40.8. The molecule has 0 rings (SSSR count). The number of carbonyl (C=O) groups is 10. The molecule has 0 spiro atoms. The number of amides is 4. The van der Waals surface area contributed by atoms with Gasteiger partial charge in [-0.05, 0) is 44.9 Å². The van der Waals surface area contributed by atoms with E-state index in [1.54, 1.807) is 0 Å². The van der Waals surface area contributed by atoms with Crippen LogP contribution in [0.25, 0.3) is 0 Å². The number of hydrogen-bond donors (Lipinski definition) is 8. The predicted octanol–water partition coefficient (Wildman–Crippen LogP) is 3.73. The van der Waals surface area contributed by atoms with Crippen LogP contribution in [-0.2, 0) is 66.9 Å². The summed E-state index contributed by atoms with van der Waals surface area (Å²) < 4.78 is 21.3. The van der Waals surface area contributed by atoms with Gasteiger partial charge in [0.15, 0.2) is 0 Å². The van der Waals surface area contributed by atoms with Gasteiger partial charge in [0.2, 0.25) is 23.6 Å². The van der Waals surface area contributed by atoms with Crippen molar-refractivity contribution < 1.29 is 87.3 Å². The molecule has 0 aliphatic carbocycles. The second kappa shape index (κ2) is 43.9. The Bertz CT molecular complexity index is 1550. The molecular formula is C48H82N4O18. The lowest BCUT2D eigenvalue weighted by atomic mass is 9.94. The number of Topliss-reactive ketones (excluding diaryl/α,β-unsaturated/α-hetero) is 2. The van der Waals surface area contributed by atoms with E-state index in [9.17, 15) is 63.3 Å². The van der Waals surface area contributed by atoms with Gasteiger partial charge in [0, 0.05) is 64.6 Å². The van der Waals surface area contributed by atoms with Gasteiger partial charge >= 0.3 is 23.9 Å². The average molecular weight is 1000 g/mol. The molecule has 22 nitrogen and oxygen atoms in total. The fourth-order valence-electron chi connectivity index (χ4n) is 6.86. The largest absolute Gasteiger partial charge is 0.481 e. The number of ketones is 2. The smallest absolute Gasteiger partial charge is 0.326 e.